The summed E-state index contributed by atoms with van der Waals surface area (Å²) in [6.45, 7) is 3.81. The van der Waals surface area contributed by atoms with Crippen LogP contribution in [0.1, 0.15) is 25.3 Å². The van der Waals surface area contributed by atoms with E-state index in [1.165, 1.54) is 6.07 Å². The molecule has 2 nitrogen and oxygen atoms in total. The average Bonchev–Trinajstić information content (AvgIpc) is 2.85. The number of rotatable bonds is 5. The number of benzene rings is 1. The lowest BCUT2D eigenvalue weighted by Gasteiger charge is -2.20. The predicted octanol–water partition coefficient (Wildman–Crippen LogP) is 2.53. The molecule has 3 heteroatoms. The molecule has 0 radical (unpaired) electrons. The molecule has 0 unspecified atom stereocenters. The van der Waals surface area contributed by atoms with Crippen LogP contribution in [0, 0.1) is 5.82 Å². The summed E-state index contributed by atoms with van der Waals surface area (Å²) < 4.78 is 19.0. The third-order valence-corrected chi connectivity index (χ3v) is 3.34. The van der Waals surface area contributed by atoms with Gasteiger partial charge in [-0.15, -0.1) is 0 Å². The highest BCUT2D eigenvalue weighted by molar-refractivity contribution is 5.17. The molecule has 94 valence electrons. The Morgan fingerprint density at radius 3 is 3.00 bits per heavy atom. The van der Waals surface area contributed by atoms with Crippen LogP contribution in [0.15, 0.2) is 24.3 Å². The van der Waals surface area contributed by atoms with E-state index >= 15 is 0 Å². The topological polar surface area (TPSA) is 21.3 Å². The Morgan fingerprint density at radius 2 is 2.29 bits per heavy atom. The summed E-state index contributed by atoms with van der Waals surface area (Å²) in [5, 5.41) is 3.41. The van der Waals surface area contributed by atoms with Crippen LogP contribution in [-0.4, -0.2) is 25.3 Å². The zero-order valence-electron chi connectivity index (χ0n) is 10.3. The van der Waals surface area contributed by atoms with Gasteiger partial charge in [-0.3, -0.25) is 0 Å². The van der Waals surface area contributed by atoms with Crippen molar-refractivity contribution >= 4 is 0 Å². The molecule has 0 amide bonds. The van der Waals surface area contributed by atoms with E-state index in [0.29, 0.717) is 12.1 Å². The van der Waals surface area contributed by atoms with E-state index in [4.69, 9.17) is 4.74 Å². The lowest BCUT2D eigenvalue weighted by Crippen LogP contribution is -2.38. The lowest BCUT2D eigenvalue weighted by molar-refractivity contribution is 0.0839. The maximum absolute atomic E-state index is 13.4. The third kappa shape index (κ3) is 3.51. The smallest absolute Gasteiger partial charge is 0.126 e. The van der Waals surface area contributed by atoms with Crippen molar-refractivity contribution in [3.63, 3.8) is 0 Å². The molecule has 17 heavy (non-hydrogen) atoms. The molecule has 0 spiro atoms. The third-order valence-electron chi connectivity index (χ3n) is 3.34. The highest BCUT2D eigenvalue weighted by Crippen LogP contribution is 2.15. The van der Waals surface area contributed by atoms with Gasteiger partial charge >= 0.3 is 0 Å². The Hall–Kier alpha value is -0.930. The maximum Gasteiger partial charge on any atom is 0.126 e. The van der Waals surface area contributed by atoms with Gasteiger partial charge in [-0.05, 0) is 44.4 Å². The van der Waals surface area contributed by atoms with Crippen molar-refractivity contribution in [3.05, 3.63) is 35.6 Å². The fourth-order valence-corrected chi connectivity index (χ4v) is 2.26. The second-order valence-corrected chi connectivity index (χ2v) is 4.64. The highest BCUT2D eigenvalue weighted by Gasteiger charge is 2.21. The summed E-state index contributed by atoms with van der Waals surface area (Å²) >= 11 is 0. The summed E-state index contributed by atoms with van der Waals surface area (Å²) in [7, 11) is 0. The van der Waals surface area contributed by atoms with Crippen molar-refractivity contribution in [2.75, 3.05) is 13.2 Å². The summed E-state index contributed by atoms with van der Waals surface area (Å²) in [6, 6.07) is 7.31. The first-order valence-electron chi connectivity index (χ1n) is 6.36. The van der Waals surface area contributed by atoms with E-state index in [1.807, 2.05) is 12.1 Å². The SMILES string of the molecule is C[C@H](NCCc1ccccc1F)[C@H]1CCCO1. The zero-order valence-corrected chi connectivity index (χ0v) is 10.3. The van der Waals surface area contributed by atoms with Gasteiger partial charge < -0.3 is 10.1 Å². The molecule has 1 aliphatic rings. The molecular weight excluding hydrogens is 217 g/mol. The van der Waals surface area contributed by atoms with Crippen molar-refractivity contribution in [2.45, 2.75) is 38.3 Å². The van der Waals surface area contributed by atoms with Gasteiger partial charge in [-0.1, -0.05) is 18.2 Å². The molecule has 1 aromatic rings. The number of hydrogen-bond donors (Lipinski definition) is 1. The highest BCUT2D eigenvalue weighted by atomic mass is 19.1. The number of nitrogens with one attached hydrogen (secondary N) is 1. The van der Waals surface area contributed by atoms with Gasteiger partial charge in [0.25, 0.3) is 0 Å². The van der Waals surface area contributed by atoms with Crippen molar-refractivity contribution < 1.29 is 9.13 Å². The van der Waals surface area contributed by atoms with Crippen molar-refractivity contribution in [2.24, 2.45) is 0 Å². The van der Waals surface area contributed by atoms with Crippen LogP contribution in [-0.2, 0) is 11.2 Å². The summed E-state index contributed by atoms with van der Waals surface area (Å²) in [5.74, 6) is -0.112. The van der Waals surface area contributed by atoms with Crippen molar-refractivity contribution in [3.8, 4) is 0 Å². The van der Waals surface area contributed by atoms with E-state index in [0.717, 1.165) is 38.0 Å². The second-order valence-electron chi connectivity index (χ2n) is 4.64. The Labute approximate surface area is 102 Å². The number of hydrogen-bond acceptors (Lipinski definition) is 2. The number of halogens is 1. The van der Waals surface area contributed by atoms with Crippen molar-refractivity contribution in [1.29, 1.82) is 0 Å². The summed E-state index contributed by atoms with van der Waals surface area (Å²) in [6.07, 6.45) is 3.34. The van der Waals surface area contributed by atoms with Crippen LogP contribution >= 0.6 is 0 Å². The van der Waals surface area contributed by atoms with E-state index < -0.39 is 0 Å². The van der Waals surface area contributed by atoms with Crippen LogP contribution < -0.4 is 5.32 Å². The van der Waals surface area contributed by atoms with E-state index in [9.17, 15) is 4.39 Å². The predicted molar refractivity (Wildman–Crippen MR) is 66.5 cm³/mol. The van der Waals surface area contributed by atoms with Gasteiger partial charge in [0.1, 0.15) is 5.82 Å². The first kappa shape index (κ1) is 12.5. The summed E-state index contributed by atoms with van der Waals surface area (Å²) in [4.78, 5) is 0. The Bertz CT molecular complexity index is 350. The van der Waals surface area contributed by atoms with Crippen LogP contribution in [0.4, 0.5) is 4.39 Å². The number of ether oxygens (including phenoxy) is 1. The molecule has 1 aromatic carbocycles. The first-order chi connectivity index (χ1) is 8.27. The van der Waals surface area contributed by atoms with Crippen LogP contribution in [0.25, 0.3) is 0 Å². The Kier molecular flexibility index (Phi) is 4.51. The molecule has 0 saturated carbocycles. The normalized spacial score (nSPS) is 21.6. The molecule has 0 bridgehead atoms. The minimum atomic E-state index is -0.112. The van der Waals surface area contributed by atoms with Gasteiger partial charge in [0.05, 0.1) is 6.10 Å². The second kappa shape index (κ2) is 6.12. The fraction of sp³-hybridized carbons (Fsp3) is 0.571. The molecule has 1 heterocycles. The molecule has 2 atom stereocenters. The molecule has 0 aromatic heterocycles. The molecular formula is C14H20FNO. The van der Waals surface area contributed by atoms with Gasteiger partial charge in [0, 0.05) is 12.6 Å². The van der Waals surface area contributed by atoms with Gasteiger partial charge in [-0.2, -0.15) is 0 Å². The van der Waals surface area contributed by atoms with Crippen molar-refractivity contribution in [1.82, 2.24) is 5.32 Å². The van der Waals surface area contributed by atoms with Gasteiger partial charge in [-0.25, -0.2) is 4.39 Å². The fourth-order valence-electron chi connectivity index (χ4n) is 2.26. The molecule has 0 aliphatic carbocycles. The van der Waals surface area contributed by atoms with Crippen LogP contribution in [0.5, 0.6) is 0 Å². The van der Waals surface area contributed by atoms with Crippen LogP contribution in [0.2, 0.25) is 0 Å². The molecule has 1 aliphatic heterocycles. The monoisotopic (exact) mass is 237 g/mol. The molecule has 1 fully saturated rings. The molecule has 2 rings (SSSR count). The lowest BCUT2D eigenvalue weighted by atomic mass is 10.1. The average molecular weight is 237 g/mol. The zero-order chi connectivity index (χ0) is 12.1. The Balaban J connectivity index is 1.74. The molecule has 1 saturated heterocycles. The van der Waals surface area contributed by atoms with Gasteiger partial charge in [0.2, 0.25) is 0 Å². The van der Waals surface area contributed by atoms with Crippen LogP contribution in [0.3, 0.4) is 0 Å². The Morgan fingerprint density at radius 1 is 1.47 bits per heavy atom. The largest absolute Gasteiger partial charge is 0.377 e. The van der Waals surface area contributed by atoms with E-state index in [1.54, 1.807) is 6.07 Å². The standard InChI is InChI=1S/C14H20FNO/c1-11(14-7-4-10-17-14)16-9-8-12-5-2-3-6-13(12)15/h2-3,5-6,11,14,16H,4,7-10H2,1H3/t11-,14+/m0/s1. The minimum absolute atomic E-state index is 0.112. The van der Waals surface area contributed by atoms with Gasteiger partial charge in [0.15, 0.2) is 0 Å². The molecule has 1 N–H and O–H groups in total. The quantitative estimate of drug-likeness (QED) is 0.849. The summed E-state index contributed by atoms with van der Waals surface area (Å²) in [5.41, 5.74) is 0.777. The first-order valence-corrected chi connectivity index (χ1v) is 6.36. The minimum Gasteiger partial charge on any atom is -0.377 e. The van der Waals surface area contributed by atoms with E-state index in [-0.39, 0.29) is 5.82 Å². The van der Waals surface area contributed by atoms with E-state index in [2.05, 4.69) is 12.2 Å². The maximum atomic E-state index is 13.4.